The summed E-state index contributed by atoms with van der Waals surface area (Å²) < 4.78 is 0. The van der Waals surface area contributed by atoms with Crippen molar-refractivity contribution < 1.29 is 5.11 Å². The van der Waals surface area contributed by atoms with Crippen LogP contribution in [-0.2, 0) is 0 Å². The molecule has 0 aromatic heterocycles. The summed E-state index contributed by atoms with van der Waals surface area (Å²) in [6.45, 7) is 10.9. The van der Waals surface area contributed by atoms with Gasteiger partial charge in [0, 0.05) is 0 Å². The summed E-state index contributed by atoms with van der Waals surface area (Å²) in [6.07, 6.45) is 6.39. The summed E-state index contributed by atoms with van der Waals surface area (Å²) in [4.78, 5) is 0. The highest BCUT2D eigenvalue weighted by Crippen LogP contribution is 2.39. The van der Waals surface area contributed by atoms with Gasteiger partial charge in [0.05, 0.1) is 5.60 Å². The topological polar surface area (TPSA) is 20.2 Å². The van der Waals surface area contributed by atoms with E-state index >= 15 is 0 Å². The molecular weight excluding hydrogens is 184 g/mol. The van der Waals surface area contributed by atoms with Crippen LogP contribution in [0, 0.1) is 17.3 Å². The van der Waals surface area contributed by atoms with Crippen molar-refractivity contribution in [2.45, 2.75) is 72.3 Å². The molecule has 0 radical (unpaired) electrons. The third kappa shape index (κ3) is 4.55. The van der Waals surface area contributed by atoms with Crippen LogP contribution in [0.2, 0.25) is 0 Å². The van der Waals surface area contributed by atoms with Crippen LogP contribution in [0.5, 0.6) is 0 Å². The van der Waals surface area contributed by atoms with E-state index < -0.39 is 5.60 Å². The summed E-state index contributed by atoms with van der Waals surface area (Å²) >= 11 is 0. The molecule has 1 heteroatoms. The second-order valence-corrected chi connectivity index (χ2v) is 7.14. The summed E-state index contributed by atoms with van der Waals surface area (Å²) in [5, 5.41) is 9.96. The van der Waals surface area contributed by atoms with Crippen molar-refractivity contribution >= 4 is 0 Å². The first-order valence-electron chi connectivity index (χ1n) is 6.41. The van der Waals surface area contributed by atoms with Gasteiger partial charge in [-0.25, -0.2) is 0 Å². The van der Waals surface area contributed by atoms with Gasteiger partial charge in [-0.1, -0.05) is 33.6 Å². The zero-order valence-corrected chi connectivity index (χ0v) is 11.1. The van der Waals surface area contributed by atoms with Gasteiger partial charge in [0.1, 0.15) is 0 Å². The molecule has 0 saturated heterocycles. The third-order valence-corrected chi connectivity index (χ3v) is 3.75. The first kappa shape index (κ1) is 13.0. The van der Waals surface area contributed by atoms with Gasteiger partial charge in [0.15, 0.2) is 0 Å². The molecular formula is C14H28O. The molecule has 0 aromatic carbocycles. The van der Waals surface area contributed by atoms with Crippen LogP contribution in [0.25, 0.3) is 0 Å². The summed E-state index contributed by atoms with van der Waals surface area (Å²) in [5.41, 5.74) is -0.00105. The molecule has 0 spiro atoms. The van der Waals surface area contributed by atoms with Crippen molar-refractivity contribution in [2.24, 2.45) is 17.3 Å². The number of hydrogen-bond donors (Lipinski definition) is 1. The Kier molecular flexibility index (Phi) is 3.86. The molecule has 0 aliphatic heterocycles. The number of hydrogen-bond acceptors (Lipinski definition) is 1. The van der Waals surface area contributed by atoms with Crippen LogP contribution in [0.15, 0.2) is 0 Å². The number of rotatable bonds is 2. The zero-order chi connectivity index (χ0) is 11.7. The Morgan fingerprint density at radius 2 is 1.40 bits per heavy atom. The Hall–Kier alpha value is -0.0400. The molecule has 15 heavy (non-hydrogen) atoms. The van der Waals surface area contributed by atoms with Crippen LogP contribution in [-0.4, -0.2) is 10.7 Å². The van der Waals surface area contributed by atoms with Gasteiger partial charge in [-0.2, -0.15) is 0 Å². The molecule has 0 amide bonds. The predicted molar refractivity (Wildman–Crippen MR) is 65.8 cm³/mol. The average Bonchev–Trinajstić information content (AvgIpc) is 2.00. The van der Waals surface area contributed by atoms with Crippen molar-refractivity contribution in [1.29, 1.82) is 0 Å². The second kappa shape index (κ2) is 4.45. The van der Waals surface area contributed by atoms with Gasteiger partial charge in [0.25, 0.3) is 0 Å². The quantitative estimate of drug-likeness (QED) is 0.733. The molecule has 1 N–H and O–H groups in total. The molecule has 0 heterocycles. The lowest BCUT2D eigenvalue weighted by Crippen LogP contribution is -2.34. The Bertz CT molecular complexity index is 186. The van der Waals surface area contributed by atoms with Gasteiger partial charge in [0.2, 0.25) is 0 Å². The Morgan fingerprint density at radius 1 is 0.933 bits per heavy atom. The highest BCUT2D eigenvalue weighted by Gasteiger charge is 2.32. The lowest BCUT2D eigenvalue weighted by molar-refractivity contribution is -0.00834. The number of aliphatic hydroxyl groups is 1. The van der Waals surface area contributed by atoms with E-state index in [0.717, 1.165) is 5.92 Å². The molecule has 1 nitrogen and oxygen atoms in total. The summed E-state index contributed by atoms with van der Waals surface area (Å²) in [7, 11) is 0. The van der Waals surface area contributed by atoms with E-state index in [0.29, 0.717) is 11.3 Å². The van der Waals surface area contributed by atoms with Crippen molar-refractivity contribution in [3.05, 3.63) is 0 Å². The summed E-state index contributed by atoms with van der Waals surface area (Å²) in [5.74, 6) is 1.41. The van der Waals surface area contributed by atoms with E-state index in [1.807, 2.05) is 13.8 Å². The Morgan fingerprint density at radius 3 is 1.73 bits per heavy atom. The molecule has 90 valence electrons. The van der Waals surface area contributed by atoms with E-state index in [2.05, 4.69) is 20.8 Å². The Balaban J connectivity index is 2.37. The van der Waals surface area contributed by atoms with Crippen LogP contribution in [0.1, 0.15) is 66.7 Å². The lowest BCUT2D eigenvalue weighted by atomic mass is 9.71. The van der Waals surface area contributed by atoms with E-state index in [1.165, 1.54) is 32.1 Å². The predicted octanol–water partition coefficient (Wildman–Crippen LogP) is 4.00. The van der Waals surface area contributed by atoms with Gasteiger partial charge in [-0.15, -0.1) is 0 Å². The maximum Gasteiger partial charge on any atom is 0.0619 e. The van der Waals surface area contributed by atoms with Crippen LogP contribution in [0.3, 0.4) is 0 Å². The fourth-order valence-electron chi connectivity index (χ4n) is 2.94. The van der Waals surface area contributed by atoms with E-state index in [-0.39, 0.29) is 0 Å². The van der Waals surface area contributed by atoms with Gasteiger partial charge in [-0.05, 0) is 50.4 Å². The lowest BCUT2D eigenvalue weighted by Gasteiger charge is -2.37. The van der Waals surface area contributed by atoms with Crippen LogP contribution in [0.4, 0.5) is 0 Å². The van der Waals surface area contributed by atoms with Crippen molar-refractivity contribution in [2.75, 3.05) is 0 Å². The molecule has 0 aromatic rings. The zero-order valence-electron chi connectivity index (χ0n) is 11.1. The third-order valence-electron chi connectivity index (χ3n) is 3.75. The van der Waals surface area contributed by atoms with Gasteiger partial charge < -0.3 is 5.11 Å². The van der Waals surface area contributed by atoms with E-state index in [9.17, 15) is 5.11 Å². The normalized spacial score (nSPS) is 29.2. The highest BCUT2D eigenvalue weighted by molar-refractivity contribution is 4.84. The van der Waals surface area contributed by atoms with Crippen LogP contribution < -0.4 is 0 Å². The van der Waals surface area contributed by atoms with Gasteiger partial charge in [-0.3, -0.25) is 0 Å². The van der Waals surface area contributed by atoms with Crippen LogP contribution >= 0.6 is 0 Å². The highest BCUT2D eigenvalue weighted by atomic mass is 16.3. The summed E-state index contributed by atoms with van der Waals surface area (Å²) in [6, 6.07) is 0. The smallest absolute Gasteiger partial charge is 0.0619 e. The molecule has 0 atom stereocenters. The van der Waals surface area contributed by atoms with E-state index in [1.54, 1.807) is 0 Å². The fraction of sp³-hybridized carbons (Fsp3) is 1.00. The first-order chi connectivity index (χ1) is 6.68. The monoisotopic (exact) mass is 212 g/mol. The van der Waals surface area contributed by atoms with Crippen molar-refractivity contribution in [3.8, 4) is 0 Å². The maximum absolute atomic E-state index is 9.96. The molecule has 0 unspecified atom stereocenters. The van der Waals surface area contributed by atoms with E-state index in [4.69, 9.17) is 0 Å². The largest absolute Gasteiger partial charge is 0.390 e. The molecule has 1 saturated carbocycles. The SMILES string of the molecule is CC(C)(C)CC1CCC(C(C)(C)O)CC1. The molecule has 1 fully saturated rings. The minimum Gasteiger partial charge on any atom is -0.390 e. The minimum absolute atomic E-state index is 0.465. The minimum atomic E-state index is -0.466. The molecule has 0 bridgehead atoms. The molecule has 1 aliphatic rings. The van der Waals surface area contributed by atoms with Crippen molar-refractivity contribution in [3.63, 3.8) is 0 Å². The van der Waals surface area contributed by atoms with Gasteiger partial charge >= 0.3 is 0 Å². The molecule has 1 aliphatic carbocycles. The van der Waals surface area contributed by atoms with Crippen molar-refractivity contribution in [1.82, 2.24) is 0 Å². The maximum atomic E-state index is 9.96. The first-order valence-corrected chi connectivity index (χ1v) is 6.41. The average molecular weight is 212 g/mol. The fourth-order valence-corrected chi connectivity index (χ4v) is 2.94. The Labute approximate surface area is 95.3 Å². The standard InChI is InChI=1S/C14H28O/c1-13(2,3)10-11-6-8-12(9-7-11)14(4,5)15/h11-12,15H,6-10H2,1-5H3. The molecule has 1 rings (SSSR count). The second-order valence-electron chi connectivity index (χ2n) is 7.14.